The Morgan fingerprint density at radius 2 is 1.61 bits per heavy atom. The average molecular weight is 786 g/mol. The van der Waals surface area contributed by atoms with E-state index in [2.05, 4.69) is 69.8 Å². The number of nitrogens with zero attached hydrogens (tertiary/aromatic N) is 2. The van der Waals surface area contributed by atoms with Crippen LogP contribution in [0, 0.1) is 56.2 Å². The van der Waals surface area contributed by atoms with Gasteiger partial charge < -0.3 is 14.8 Å². The van der Waals surface area contributed by atoms with Crippen molar-refractivity contribution in [3.63, 3.8) is 0 Å². The number of carbonyl (C=O) groups is 4. The van der Waals surface area contributed by atoms with Gasteiger partial charge in [0.15, 0.2) is 5.78 Å². The predicted molar refractivity (Wildman–Crippen MR) is 221 cm³/mol. The molecule has 1 amide bonds. The molecule has 6 rings (SSSR count). The fraction of sp³-hybridized carbons (Fsp3) is 0.750. The Balaban J connectivity index is 1.23. The van der Waals surface area contributed by atoms with Crippen molar-refractivity contribution in [2.75, 3.05) is 0 Å². The van der Waals surface area contributed by atoms with Gasteiger partial charge in [0.05, 0.1) is 23.6 Å². The molecule has 9 atom stereocenters. The molecule has 0 bridgehead atoms. The second-order valence-electron chi connectivity index (χ2n) is 22.0. The largest absolute Gasteiger partial charge is 0.462 e. The Hall–Kier alpha value is -3.36. The number of fused-ring (bicyclic) bond motifs is 7. The highest BCUT2D eigenvalue weighted by Crippen LogP contribution is 2.77. The van der Waals surface area contributed by atoms with E-state index in [0.717, 1.165) is 62.6 Å². The monoisotopic (exact) mass is 786 g/mol. The van der Waals surface area contributed by atoms with Gasteiger partial charge in [-0.1, -0.05) is 54.5 Å². The molecule has 1 aromatic rings. The van der Waals surface area contributed by atoms with E-state index in [4.69, 9.17) is 9.47 Å². The van der Waals surface area contributed by atoms with E-state index in [1.54, 1.807) is 26.1 Å². The van der Waals surface area contributed by atoms with Gasteiger partial charge in [0.2, 0.25) is 5.91 Å². The summed E-state index contributed by atoms with van der Waals surface area (Å²) >= 11 is 0. The van der Waals surface area contributed by atoms with Crippen molar-refractivity contribution in [3.8, 4) is 0 Å². The maximum Gasteiger partial charge on any atom is 0.312 e. The van der Waals surface area contributed by atoms with Gasteiger partial charge in [-0.25, -0.2) is 9.97 Å². The lowest BCUT2D eigenvalue weighted by atomic mass is 9.33. The second kappa shape index (κ2) is 14.7. The van der Waals surface area contributed by atoms with Gasteiger partial charge in [0.25, 0.3) is 0 Å². The quantitative estimate of drug-likeness (QED) is 0.194. The third kappa shape index (κ3) is 7.45. The Bertz CT molecular complexity index is 1820. The first kappa shape index (κ1) is 43.2. The molecule has 9 nitrogen and oxygen atoms in total. The zero-order chi connectivity index (χ0) is 42.1. The van der Waals surface area contributed by atoms with Crippen molar-refractivity contribution in [2.45, 2.75) is 172 Å². The number of ether oxygens (including phenoxy) is 2. The number of esters is 2. The highest BCUT2D eigenvalue weighted by molar-refractivity contribution is 6.01. The topological polar surface area (TPSA) is 125 Å². The molecule has 5 aliphatic carbocycles. The lowest BCUT2D eigenvalue weighted by Gasteiger charge is -2.72. The van der Waals surface area contributed by atoms with Crippen molar-refractivity contribution in [1.82, 2.24) is 15.3 Å². The smallest absolute Gasteiger partial charge is 0.312 e. The molecule has 0 unspecified atom stereocenters. The maximum atomic E-state index is 14.1. The van der Waals surface area contributed by atoms with Crippen LogP contribution in [0.25, 0.3) is 0 Å². The summed E-state index contributed by atoms with van der Waals surface area (Å²) in [6, 6.07) is 1.55. The highest BCUT2D eigenvalue weighted by Gasteiger charge is 2.70. The predicted octanol–water partition coefficient (Wildman–Crippen LogP) is 9.86. The van der Waals surface area contributed by atoms with Crippen molar-refractivity contribution < 1.29 is 28.7 Å². The summed E-state index contributed by atoms with van der Waals surface area (Å²) in [4.78, 5) is 62.2. The van der Waals surface area contributed by atoms with Crippen LogP contribution >= 0.6 is 0 Å². The number of Topliss-reactive ketones (excluding diaryl/α,β-unsaturated/α-hetero) is 1. The van der Waals surface area contributed by atoms with Crippen molar-refractivity contribution in [2.24, 2.45) is 56.2 Å². The first-order chi connectivity index (χ1) is 26.3. The van der Waals surface area contributed by atoms with Gasteiger partial charge >= 0.3 is 11.9 Å². The third-order valence-corrected chi connectivity index (χ3v) is 16.2. The van der Waals surface area contributed by atoms with Gasteiger partial charge in [0, 0.05) is 23.4 Å². The third-order valence-electron chi connectivity index (χ3n) is 16.2. The van der Waals surface area contributed by atoms with Crippen molar-refractivity contribution in [3.05, 3.63) is 47.6 Å². The summed E-state index contributed by atoms with van der Waals surface area (Å²) in [5.41, 5.74) is 0.903. The van der Waals surface area contributed by atoms with E-state index < -0.39 is 16.4 Å². The molecule has 57 heavy (non-hydrogen) atoms. The molecule has 0 saturated heterocycles. The zero-order valence-corrected chi connectivity index (χ0v) is 37.3. The summed E-state index contributed by atoms with van der Waals surface area (Å²) in [7, 11) is 0. The first-order valence-electron chi connectivity index (χ1n) is 21.8. The average Bonchev–Trinajstić information content (AvgIpc) is 3.40. The minimum atomic E-state index is -0.982. The summed E-state index contributed by atoms with van der Waals surface area (Å²) in [6.45, 7) is 27.5. The molecule has 0 aliphatic heterocycles. The van der Waals surface area contributed by atoms with E-state index in [1.165, 1.54) is 11.9 Å². The summed E-state index contributed by atoms with van der Waals surface area (Å²) in [6.07, 6.45) is 15.1. The molecule has 1 aromatic heterocycles. The first-order valence-corrected chi connectivity index (χ1v) is 21.8. The van der Waals surface area contributed by atoms with Crippen LogP contribution in [0.15, 0.2) is 41.9 Å². The minimum Gasteiger partial charge on any atom is -0.462 e. The molecular formula is C48H71N3O6. The van der Waals surface area contributed by atoms with Gasteiger partial charge in [-0.2, -0.15) is 0 Å². The number of carbonyl (C=O) groups excluding carboxylic acids is 4. The van der Waals surface area contributed by atoms with E-state index in [-0.39, 0.29) is 75.7 Å². The Labute approximate surface area is 342 Å². The Kier molecular flexibility index (Phi) is 11.2. The molecule has 5 aliphatic rings. The van der Waals surface area contributed by atoms with E-state index in [0.29, 0.717) is 18.3 Å². The van der Waals surface area contributed by atoms with Crippen LogP contribution in [-0.4, -0.2) is 45.3 Å². The Morgan fingerprint density at radius 3 is 2.25 bits per heavy atom. The number of allylic oxidation sites excluding steroid dienone is 3. The number of hydrogen-bond acceptors (Lipinski definition) is 8. The van der Waals surface area contributed by atoms with Crippen LogP contribution in [0.2, 0.25) is 0 Å². The van der Waals surface area contributed by atoms with E-state index in [9.17, 15) is 19.2 Å². The molecular weight excluding hydrogens is 715 g/mol. The summed E-state index contributed by atoms with van der Waals surface area (Å²) in [5.74, 6) is 0.597. The van der Waals surface area contributed by atoms with Crippen molar-refractivity contribution in [1.29, 1.82) is 0 Å². The van der Waals surface area contributed by atoms with E-state index >= 15 is 0 Å². The molecule has 1 N–H and O–H groups in total. The van der Waals surface area contributed by atoms with Crippen molar-refractivity contribution >= 4 is 23.6 Å². The molecule has 4 saturated carbocycles. The zero-order valence-electron chi connectivity index (χ0n) is 37.3. The number of aromatic nitrogens is 2. The Morgan fingerprint density at radius 1 is 0.912 bits per heavy atom. The molecule has 314 valence electrons. The SMILES string of the molecule is CC(C)C1=C2[C@H]3CC[C@@H]4[C@@]5(C)CC[C@H](OC(=O)CC(C)(C)C(=O)OC(C)(C)C)C(C)(C)[C@@H]5CC[C@@]4(C)[C@]3(C)CC[C@@]2(C=CC(=O)N[C@H](C)c2ccncn2)CC1=O. The molecule has 0 spiro atoms. The highest BCUT2D eigenvalue weighted by atomic mass is 16.6. The normalized spacial score (nSPS) is 35.5. The number of hydrogen-bond donors (Lipinski definition) is 1. The lowest BCUT2D eigenvalue weighted by Crippen LogP contribution is -2.65. The fourth-order valence-corrected chi connectivity index (χ4v) is 13.2. The summed E-state index contributed by atoms with van der Waals surface area (Å²) < 4.78 is 12.0. The number of amides is 1. The molecule has 9 heteroatoms. The molecule has 0 radical (unpaired) electrons. The standard InChI is InChI=1S/C48H71N3O6/c1-29(2)39-33(52)26-48(22-18-37(53)51-30(3)32-19-25-49-28-50-32)24-23-46(12)31(40(39)48)14-15-35-45(11)20-17-36(44(9,10)34(45)16-21-47(35,46)13)56-38(54)27-43(7,8)41(55)57-42(4,5)6/h18-19,22,25,28-31,34-36H,14-17,20-21,23-24,26-27H2,1-13H3,(H,51,53)/t30-,31-,34+,35-,36+,45+,46-,47-,48+/m1/s1. The van der Waals surface area contributed by atoms with E-state index in [1.807, 2.05) is 33.8 Å². The van der Waals surface area contributed by atoms with Gasteiger partial charge in [0.1, 0.15) is 18.0 Å². The van der Waals surface area contributed by atoms with Crippen LogP contribution in [0.1, 0.15) is 166 Å². The van der Waals surface area contributed by atoms with Crippen LogP contribution < -0.4 is 5.32 Å². The fourth-order valence-electron chi connectivity index (χ4n) is 13.2. The minimum absolute atomic E-state index is 0.00811. The summed E-state index contributed by atoms with van der Waals surface area (Å²) in [5, 5.41) is 3.07. The van der Waals surface area contributed by atoms with Gasteiger partial charge in [-0.15, -0.1) is 0 Å². The molecule has 0 aromatic carbocycles. The van der Waals surface area contributed by atoms with Gasteiger partial charge in [-0.3, -0.25) is 19.2 Å². The lowest BCUT2D eigenvalue weighted by molar-refractivity contribution is -0.232. The number of ketones is 1. The van der Waals surface area contributed by atoms with Crippen LogP contribution in [0.5, 0.6) is 0 Å². The second-order valence-corrected chi connectivity index (χ2v) is 22.0. The van der Waals surface area contributed by atoms with Gasteiger partial charge in [-0.05, 0) is 156 Å². The van der Waals surface area contributed by atoms with Crippen LogP contribution in [0.4, 0.5) is 0 Å². The number of rotatable bonds is 9. The number of nitrogens with one attached hydrogen (secondary N) is 1. The maximum absolute atomic E-state index is 14.1. The van der Waals surface area contributed by atoms with Crippen LogP contribution in [-0.2, 0) is 28.7 Å². The molecule has 1 heterocycles. The van der Waals surface area contributed by atoms with Crippen LogP contribution in [0.3, 0.4) is 0 Å². The molecule has 4 fully saturated rings.